The van der Waals surface area contributed by atoms with Gasteiger partial charge in [0.1, 0.15) is 10.2 Å². The molecule has 0 N–H and O–H groups in total. The fourth-order valence-corrected chi connectivity index (χ4v) is 4.47. The number of fused-ring (bicyclic) bond motifs is 1. The van der Waals surface area contributed by atoms with Crippen LogP contribution in [0.2, 0.25) is 0 Å². The van der Waals surface area contributed by atoms with Gasteiger partial charge in [-0.2, -0.15) is 13.2 Å². The lowest BCUT2D eigenvalue weighted by Gasteiger charge is -2.34. The Morgan fingerprint density at radius 1 is 1.15 bits per heavy atom. The lowest BCUT2D eigenvalue weighted by atomic mass is 9.89. The first-order valence-electron chi connectivity index (χ1n) is 8.86. The van der Waals surface area contributed by atoms with Crippen LogP contribution in [0.15, 0.2) is 41.9 Å². The second kappa shape index (κ2) is 7.03. The smallest absolute Gasteiger partial charge is 0.370 e. The van der Waals surface area contributed by atoms with Crippen LogP contribution in [-0.4, -0.2) is 18.1 Å². The van der Waals surface area contributed by atoms with Crippen LogP contribution in [0.4, 0.5) is 18.9 Å². The highest BCUT2D eigenvalue weighted by atomic mass is 32.1. The molecule has 2 heterocycles. The first-order chi connectivity index (χ1) is 12.9. The minimum Gasteiger partial charge on any atom is -0.370 e. The summed E-state index contributed by atoms with van der Waals surface area (Å²) in [7, 11) is 0. The lowest BCUT2D eigenvalue weighted by Crippen LogP contribution is -2.34. The Morgan fingerprint density at radius 3 is 2.67 bits per heavy atom. The molecule has 1 aliphatic heterocycles. The van der Waals surface area contributed by atoms with Crippen LogP contribution in [0.3, 0.4) is 0 Å². The molecule has 0 unspecified atom stereocenters. The molecule has 0 spiro atoms. The number of nitrogens with zero attached hydrogens (tertiary/aromatic N) is 2. The molecule has 0 atom stereocenters. The highest BCUT2D eigenvalue weighted by Gasteiger charge is 2.30. The first-order valence-corrected chi connectivity index (χ1v) is 9.74. The number of halogens is 3. The minimum atomic E-state index is -4.30. The number of anilines is 1. The Balaban J connectivity index is 1.43. The Hall–Kier alpha value is -2.28. The SMILES string of the molecule is [O]c1ccc(N2CCC(Cc3cccc(C(F)(F)F)c3)CC2)c2ncsc12. The van der Waals surface area contributed by atoms with Crippen LogP contribution in [0.5, 0.6) is 5.75 Å². The second-order valence-corrected chi connectivity index (χ2v) is 7.80. The Morgan fingerprint density at radius 2 is 1.93 bits per heavy atom. The normalized spacial score (nSPS) is 16.2. The monoisotopic (exact) mass is 391 g/mol. The van der Waals surface area contributed by atoms with Crippen molar-refractivity contribution in [2.24, 2.45) is 5.92 Å². The zero-order valence-corrected chi connectivity index (χ0v) is 15.3. The predicted molar refractivity (Wildman–Crippen MR) is 99.8 cm³/mol. The molecule has 0 saturated carbocycles. The minimum absolute atomic E-state index is 0.00400. The van der Waals surface area contributed by atoms with Gasteiger partial charge in [0.25, 0.3) is 0 Å². The van der Waals surface area contributed by atoms with E-state index in [0.29, 0.717) is 17.0 Å². The van der Waals surface area contributed by atoms with Gasteiger partial charge in [-0.05, 0) is 48.9 Å². The van der Waals surface area contributed by atoms with Crippen LogP contribution in [0.25, 0.3) is 10.2 Å². The number of hydrogen-bond donors (Lipinski definition) is 0. The Kier molecular flexibility index (Phi) is 4.72. The summed E-state index contributed by atoms with van der Waals surface area (Å²) >= 11 is 1.36. The lowest BCUT2D eigenvalue weighted by molar-refractivity contribution is -0.137. The van der Waals surface area contributed by atoms with Crippen molar-refractivity contribution >= 4 is 27.2 Å². The predicted octanol–water partition coefficient (Wildman–Crippen LogP) is 5.92. The van der Waals surface area contributed by atoms with Crippen molar-refractivity contribution in [3.05, 3.63) is 53.0 Å². The van der Waals surface area contributed by atoms with Crippen LogP contribution in [0, 0.1) is 5.92 Å². The molecule has 7 heteroatoms. The number of benzene rings is 2. The van der Waals surface area contributed by atoms with E-state index in [-0.39, 0.29) is 5.75 Å². The van der Waals surface area contributed by atoms with E-state index in [1.54, 1.807) is 17.6 Å². The van der Waals surface area contributed by atoms with Crippen LogP contribution < -0.4 is 4.90 Å². The molecule has 27 heavy (non-hydrogen) atoms. The third-order valence-electron chi connectivity index (χ3n) is 5.16. The maximum atomic E-state index is 12.9. The molecule has 0 bridgehead atoms. The van der Waals surface area contributed by atoms with E-state index in [2.05, 4.69) is 9.88 Å². The number of piperidine rings is 1. The van der Waals surface area contributed by atoms with Gasteiger partial charge in [-0.1, -0.05) is 18.2 Å². The van der Waals surface area contributed by atoms with Crippen molar-refractivity contribution in [1.29, 1.82) is 0 Å². The van der Waals surface area contributed by atoms with Gasteiger partial charge in [0, 0.05) is 13.1 Å². The van der Waals surface area contributed by atoms with Crippen molar-refractivity contribution < 1.29 is 18.3 Å². The average molecular weight is 391 g/mol. The molecule has 4 rings (SSSR count). The molecular weight excluding hydrogens is 373 g/mol. The van der Waals surface area contributed by atoms with Gasteiger partial charge in [0.2, 0.25) is 0 Å². The van der Waals surface area contributed by atoms with E-state index in [0.717, 1.165) is 48.8 Å². The molecule has 0 aliphatic carbocycles. The zero-order valence-electron chi connectivity index (χ0n) is 14.5. The maximum absolute atomic E-state index is 12.9. The summed E-state index contributed by atoms with van der Waals surface area (Å²) in [5, 5.41) is 11.9. The average Bonchev–Trinajstić information content (AvgIpc) is 3.13. The molecule has 3 nitrogen and oxygen atoms in total. The first kappa shape index (κ1) is 18.1. The molecule has 2 aromatic carbocycles. The summed E-state index contributed by atoms with van der Waals surface area (Å²) in [5.74, 6) is 0.352. The molecule has 141 valence electrons. The van der Waals surface area contributed by atoms with Gasteiger partial charge in [-0.15, -0.1) is 11.3 Å². The summed E-state index contributed by atoms with van der Waals surface area (Å²) in [4.78, 5) is 6.57. The third-order valence-corrected chi connectivity index (χ3v) is 6.00. The van der Waals surface area contributed by atoms with E-state index < -0.39 is 11.7 Å². The van der Waals surface area contributed by atoms with Crippen LogP contribution in [-0.2, 0) is 17.7 Å². The van der Waals surface area contributed by atoms with Gasteiger partial charge < -0.3 is 4.90 Å². The standard InChI is InChI=1S/C20H18F3N2OS/c21-20(22,23)15-3-1-2-14(11-15)10-13-6-8-25(9-7-13)16-4-5-17(26)19-18(16)24-12-27-19/h1-5,11-13H,6-10H2. The molecule has 1 fully saturated rings. The molecular formula is C20H18F3N2OS. The van der Waals surface area contributed by atoms with Gasteiger partial charge in [0.15, 0.2) is 5.75 Å². The zero-order chi connectivity index (χ0) is 19.0. The Bertz CT molecular complexity index is 946. The molecule has 1 radical (unpaired) electrons. The Labute approximate surface area is 159 Å². The molecule has 0 amide bonds. The van der Waals surface area contributed by atoms with E-state index >= 15 is 0 Å². The fourth-order valence-electron chi connectivity index (χ4n) is 3.75. The van der Waals surface area contributed by atoms with Crippen molar-refractivity contribution in [2.45, 2.75) is 25.4 Å². The van der Waals surface area contributed by atoms with Crippen molar-refractivity contribution in [3.63, 3.8) is 0 Å². The number of hydrogen-bond acceptors (Lipinski definition) is 3. The molecule has 3 aromatic rings. The molecule has 1 aliphatic rings. The van der Waals surface area contributed by atoms with Crippen LogP contribution in [0.1, 0.15) is 24.0 Å². The van der Waals surface area contributed by atoms with Crippen molar-refractivity contribution in [3.8, 4) is 5.75 Å². The van der Waals surface area contributed by atoms with E-state index in [1.807, 2.05) is 6.07 Å². The fraction of sp³-hybridized carbons (Fsp3) is 0.350. The van der Waals surface area contributed by atoms with Gasteiger partial charge in [0.05, 0.1) is 16.8 Å². The third kappa shape index (κ3) is 3.74. The van der Waals surface area contributed by atoms with Crippen molar-refractivity contribution in [2.75, 3.05) is 18.0 Å². The quantitative estimate of drug-likeness (QED) is 0.556. The highest BCUT2D eigenvalue weighted by Crippen LogP contribution is 2.37. The summed E-state index contributed by atoms with van der Waals surface area (Å²) in [5.41, 5.74) is 3.57. The van der Waals surface area contributed by atoms with Gasteiger partial charge in [-0.3, -0.25) is 5.11 Å². The van der Waals surface area contributed by atoms with E-state index in [1.165, 1.54) is 23.5 Å². The summed E-state index contributed by atoms with van der Waals surface area (Å²) in [6.07, 6.45) is -1.84. The molecule has 1 saturated heterocycles. The molecule has 1 aromatic heterocycles. The van der Waals surface area contributed by atoms with E-state index in [9.17, 15) is 18.3 Å². The largest absolute Gasteiger partial charge is 0.416 e. The number of thiazole rings is 1. The number of aromatic nitrogens is 1. The van der Waals surface area contributed by atoms with Gasteiger partial charge >= 0.3 is 6.18 Å². The number of rotatable bonds is 3. The summed E-state index contributed by atoms with van der Waals surface area (Å²) < 4.78 is 39.3. The second-order valence-electron chi connectivity index (χ2n) is 6.95. The van der Waals surface area contributed by atoms with Gasteiger partial charge in [-0.25, -0.2) is 4.98 Å². The summed E-state index contributed by atoms with van der Waals surface area (Å²) in [6, 6.07) is 9.05. The topological polar surface area (TPSA) is 36.0 Å². The highest BCUT2D eigenvalue weighted by molar-refractivity contribution is 7.17. The van der Waals surface area contributed by atoms with Crippen LogP contribution >= 0.6 is 11.3 Å². The summed E-state index contributed by atoms with van der Waals surface area (Å²) in [6.45, 7) is 1.63. The number of alkyl halides is 3. The maximum Gasteiger partial charge on any atom is 0.416 e. The van der Waals surface area contributed by atoms with Crippen molar-refractivity contribution in [1.82, 2.24) is 4.98 Å². The van der Waals surface area contributed by atoms with E-state index in [4.69, 9.17) is 0 Å².